The van der Waals surface area contributed by atoms with E-state index >= 15 is 0 Å². The quantitative estimate of drug-likeness (QED) is 0.697. The molecule has 0 bridgehead atoms. The van der Waals surface area contributed by atoms with Crippen LogP contribution in [-0.4, -0.2) is 30.0 Å². The van der Waals surface area contributed by atoms with E-state index in [4.69, 9.17) is 9.15 Å². The van der Waals surface area contributed by atoms with Crippen molar-refractivity contribution in [3.8, 4) is 0 Å². The topological polar surface area (TPSA) is 88.8 Å². The lowest BCUT2D eigenvalue weighted by molar-refractivity contribution is -0.202. The van der Waals surface area contributed by atoms with Gasteiger partial charge in [0.05, 0.1) is 19.0 Å². The Labute approximate surface area is 190 Å². The van der Waals surface area contributed by atoms with E-state index in [-0.39, 0.29) is 34.5 Å². The van der Waals surface area contributed by atoms with Crippen LogP contribution in [0.3, 0.4) is 0 Å². The highest BCUT2D eigenvalue weighted by Crippen LogP contribution is 2.70. The minimum atomic E-state index is -0.675. The summed E-state index contributed by atoms with van der Waals surface area (Å²) >= 11 is 0. The molecule has 1 aromatic heterocycles. The summed E-state index contributed by atoms with van der Waals surface area (Å²) in [6.45, 7) is 4.73. The van der Waals surface area contributed by atoms with Gasteiger partial charge < -0.3 is 19.6 Å². The van der Waals surface area contributed by atoms with Crippen molar-refractivity contribution in [2.75, 3.05) is 7.11 Å². The van der Waals surface area contributed by atoms with Gasteiger partial charge in [-0.2, -0.15) is 0 Å². The molecule has 0 saturated heterocycles. The average Bonchev–Trinajstić information content (AvgIpc) is 3.06. The molecule has 0 radical (unpaired) electrons. The van der Waals surface area contributed by atoms with Crippen molar-refractivity contribution in [2.45, 2.75) is 89.2 Å². The molecule has 4 saturated carbocycles. The normalized spacial score (nSPS) is 45.3. The number of carbonyl (C=O) groups is 1. The number of aliphatic hydroxyl groups is 1. The molecule has 2 N–H and O–H groups in total. The lowest BCUT2D eigenvalue weighted by Crippen LogP contribution is -2.62. The predicted molar refractivity (Wildman–Crippen MR) is 120 cm³/mol. The van der Waals surface area contributed by atoms with Gasteiger partial charge in [0.1, 0.15) is 0 Å². The first-order chi connectivity index (χ1) is 15.2. The number of hydrogen-bond acceptors (Lipinski definition) is 5. The highest BCUT2D eigenvalue weighted by molar-refractivity contribution is 5.67. The Kier molecular flexibility index (Phi) is 5.23. The summed E-state index contributed by atoms with van der Waals surface area (Å²) in [7, 11) is 1.42. The Balaban J connectivity index is 1.39. The SMILES string of the molecule is COC(=O)NC1CCC2(C)C(CCC3C2CCC2(C)C(c4ccc(=O)oc4)CCC32O)C1. The van der Waals surface area contributed by atoms with Gasteiger partial charge in [-0.05, 0) is 98.5 Å². The fraction of sp³-hybridized carbons (Fsp3) is 0.769. The molecule has 0 aromatic carbocycles. The maximum atomic E-state index is 12.3. The number of rotatable bonds is 2. The third-order valence-corrected chi connectivity index (χ3v) is 10.5. The van der Waals surface area contributed by atoms with Gasteiger partial charge in [-0.3, -0.25) is 0 Å². The summed E-state index contributed by atoms with van der Waals surface area (Å²) in [4.78, 5) is 23.2. The summed E-state index contributed by atoms with van der Waals surface area (Å²) in [5.74, 6) is 1.63. The zero-order chi connectivity index (χ0) is 22.7. The standard InChI is InChI=1S/C26H37NO5/c1-24-11-8-18(27-23(29)31-3)14-17(24)5-6-21-20(24)9-12-25(2)19(10-13-26(21,25)30)16-4-7-22(28)32-15-16/h4,7,15,17-21,30H,5-6,8-14H2,1-3H3,(H,27,29). The molecular formula is C26H37NO5. The largest absolute Gasteiger partial charge is 0.453 e. The van der Waals surface area contributed by atoms with Crippen LogP contribution < -0.4 is 10.9 Å². The first-order valence-corrected chi connectivity index (χ1v) is 12.4. The number of nitrogens with one attached hydrogen (secondary N) is 1. The monoisotopic (exact) mass is 443 g/mol. The number of fused-ring (bicyclic) bond motifs is 5. The van der Waals surface area contributed by atoms with Crippen LogP contribution in [0.2, 0.25) is 0 Å². The van der Waals surface area contributed by atoms with Crippen LogP contribution in [0.1, 0.15) is 83.1 Å². The number of hydrogen-bond donors (Lipinski definition) is 2. The molecular weight excluding hydrogens is 406 g/mol. The minimum Gasteiger partial charge on any atom is -0.453 e. The lowest BCUT2D eigenvalue weighted by atomic mass is 9.43. The first kappa shape index (κ1) is 22.0. The Morgan fingerprint density at radius 3 is 2.62 bits per heavy atom. The van der Waals surface area contributed by atoms with Gasteiger partial charge >= 0.3 is 11.7 Å². The van der Waals surface area contributed by atoms with Crippen molar-refractivity contribution in [1.29, 1.82) is 0 Å². The van der Waals surface area contributed by atoms with Gasteiger partial charge in [0.15, 0.2) is 0 Å². The number of ether oxygens (including phenoxy) is 1. The van der Waals surface area contributed by atoms with E-state index in [1.54, 1.807) is 6.26 Å². The Hall–Kier alpha value is -1.82. The maximum Gasteiger partial charge on any atom is 0.407 e. The van der Waals surface area contributed by atoms with E-state index in [2.05, 4.69) is 19.2 Å². The van der Waals surface area contributed by atoms with Gasteiger partial charge in [0.2, 0.25) is 0 Å². The second-order valence-corrected chi connectivity index (χ2v) is 11.5. The summed E-state index contributed by atoms with van der Waals surface area (Å²) < 4.78 is 10.0. The molecule has 4 fully saturated rings. The highest BCUT2D eigenvalue weighted by Gasteiger charge is 2.67. The molecule has 32 heavy (non-hydrogen) atoms. The molecule has 6 nitrogen and oxygen atoms in total. The molecule has 1 aromatic rings. The van der Waals surface area contributed by atoms with Crippen LogP contribution >= 0.6 is 0 Å². The average molecular weight is 444 g/mol. The second kappa shape index (κ2) is 7.61. The van der Waals surface area contributed by atoms with Gasteiger partial charge in [-0.15, -0.1) is 0 Å². The number of methoxy groups -OCH3 is 1. The summed E-state index contributed by atoms with van der Waals surface area (Å²) in [5, 5.41) is 15.3. The number of carbonyl (C=O) groups excluding carboxylic acids is 1. The first-order valence-electron chi connectivity index (χ1n) is 12.4. The van der Waals surface area contributed by atoms with Crippen molar-refractivity contribution in [2.24, 2.45) is 28.6 Å². The third-order valence-electron chi connectivity index (χ3n) is 10.5. The maximum absolute atomic E-state index is 12.3. The van der Waals surface area contributed by atoms with Crippen molar-refractivity contribution >= 4 is 6.09 Å². The second-order valence-electron chi connectivity index (χ2n) is 11.5. The van der Waals surface area contributed by atoms with Crippen molar-refractivity contribution in [3.63, 3.8) is 0 Å². The molecule has 5 rings (SSSR count). The van der Waals surface area contributed by atoms with E-state index in [9.17, 15) is 14.7 Å². The van der Waals surface area contributed by atoms with Crippen LogP contribution in [0.4, 0.5) is 4.79 Å². The van der Waals surface area contributed by atoms with Gasteiger partial charge in [0, 0.05) is 17.5 Å². The molecule has 4 aliphatic rings. The zero-order valence-corrected chi connectivity index (χ0v) is 19.6. The van der Waals surface area contributed by atoms with Gasteiger partial charge in [-0.1, -0.05) is 13.8 Å². The van der Waals surface area contributed by atoms with Crippen LogP contribution in [-0.2, 0) is 4.74 Å². The summed E-state index contributed by atoms with van der Waals surface area (Å²) in [6.07, 6.45) is 10.4. The smallest absolute Gasteiger partial charge is 0.407 e. The highest BCUT2D eigenvalue weighted by atomic mass is 16.5. The minimum absolute atomic E-state index is 0.192. The molecule has 8 unspecified atom stereocenters. The van der Waals surface area contributed by atoms with E-state index in [0.29, 0.717) is 17.8 Å². The number of alkyl carbamates (subject to hydrolysis) is 1. The summed E-state index contributed by atoms with van der Waals surface area (Å²) in [5.41, 5.74) is 0.0775. The number of amides is 1. The Morgan fingerprint density at radius 1 is 1.09 bits per heavy atom. The van der Waals surface area contributed by atoms with Crippen molar-refractivity contribution < 1.29 is 19.1 Å². The molecule has 1 heterocycles. The lowest BCUT2D eigenvalue weighted by Gasteiger charge is -2.63. The van der Waals surface area contributed by atoms with E-state index in [1.165, 1.54) is 13.2 Å². The Bertz CT molecular complexity index is 924. The van der Waals surface area contributed by atoms with Crippen LogP contribution in [0, 0.1) is 28.6 Å². The molecule has 0 spiro atoms. The van der Waals surface area contributed by atoms with Crippen molar-refractivity contribution in [3.05, 3.63) is 34.4 Å². The molecule has 1 amide bonds. The van der Waals surface area contributed by atoms with Gasteiger partial charge in [-0.25, -0.2) is 9.59 Å². The Morgan fingerprint density at radius 2 is 1.91 bits per heavy atom. The third kappa shape index (κ3) is 3.08. The van der Waals surface area contributed by atoms with E-state index in [1.807, 2.05) is 6.07 Å². The molecule has 0 aliphatic heterocycles. The van der Waals surface area contributed by atoms with Gasteiger partial charge in [0.25, 0.3) is 0 Å². The van der Waals surface area contributed by atoms with Crippen LogP contribution in [0.5, 0.6) is 0 Å². The summed E-state index contributed by atoms with van der Waals surface area (Å²) in [6, 6.07) is 3.60. The predicted octanol–water partition coefficient (Wildman–Crippen LogP) is 4.61. The molecule has 8 atom stereocenters. The molecule has 176 valence electrons. The van der Waals surface area contributed by atoms with Crippen LogP contribution in [0.15, 0.2) is 27.6 Å². The fourth-order valence-electron chi connectivity index (χ4n) is 8.68. The van der Waals surface area contributed by atoms with E-state index < -0.39 is 5.60 Å². The van der Waals surface area contributed by atoms with E-state index in [0.717, 1.165) is 63.4 Å². The fourth-order valence-corrected chi connectivity index (χ4v) is 8.68. The molecule has 4 aliphatic carbocycles. The van der Waals surface area contributed by atoms with Crippen molar-refractivity contribution in [1.82, 2.24) is 5.32 Å². The van der Waals surface area contributed by atoms with Crippen LogP contribution in [0.25, 0.3) is 0 Å². The zero-order valence-electron chi connectivity index (χ0n) is 19.6. The molecule has 6 heteroatoms.